The van der Waals surface area contributed by atoms with Gasteiger partial charge in [-0.3, -0.25) is 10.3 Å². The molecule has 0 saturated heterocycles. The number of anilines is 1. The Morgan fingerprint density at radius 2 is 1.39 bits per heavy atom. The first-order valence-electron chi connectivity index (χ1n) is 11.6. The Balaban J connectivity index is 3.21. The molecule has 0 radical (unpaired) electrons. The van der Waals surface area contributed by atoms with E-state index in [1.807, 2.05) is 6.92 Å². The molecule has 1 aromatic carbocycles. The largest absolute Gasteiger partial charge is 0.444 e. The van der Waals surface area contributed by atoms with Gasteiger partial charge in [-0.25, -0.2) is 19.3 Å². The molecule has 1 aromatic rings. The van der Waals surface area contributed by atoms with Gasteiger partial charge in [0.25, 0.3) is 0 Å². The number of guanidine groups is 1. The second-order valence-corrected chi connectivity index (χ2v) is 11.3. The first kappa shape index (κ1) is 31.0. The average Bonchev–Trinajstić information content (AvgIpc) is 2.63. The van der Waals surface area contributed by atoms with Gasteiger partial charge in [0.2, 0.25) is 5.96 Å². The summed E-state index contributed by atoms with van der Waals surface area (Å²) in [5.41, 5.74) is -1.40. The molecule has 0 fully saturated rings. The van der Waals surface area contributed by atoms with Gasteiger partial charge in [-0.05, 0) is 93.0 Å². The van der Waals surface area contributed by atoms with E-state index in [9.17, 15) is 14.4 Å². The zero-order valence-corrected chi connectivity index (χ0v) is 23.6. The number of aliphatic imine (C=N–C) groups is 1. The molecule has 3 amide bonds. The van der Waals surface area contributed by atoms with E-state index in [0.717, 1.165) is 4.90 Å². The molecule has 0 unspecified atom stereocenters. The Bertz CT molecular complexity index is 946. The molecule has 2 N–H and O–H groups in total. The van der Waals surface area contributed by atoms with Crippen molar-refractivity contribution < 1.29 is 28.6 Å². The highest BCUT2D eigenvalue weighted by Gasteiger charge is 2.32. The fourth-order valence-electron chi connectivity index (χ4n) is 2.59. The molecule has 36 heavy (non-hydrogen) atoms. The highest BCUT2D eigenvalue weighted by Crippen LogP contribution is 2.24. The molecule has 0 aliphatic carbocycles. The number of amides is 3. The number of nitrogens with zero attached hydrogens (tertiary/aromatic N) is 2. The number of hydrogen-bond acceptors (Lipinski definition) is 7. The second-order valence-electron chi connectivity index (χ2n) is 10.9. The molecule has 1 rings (SSSR count). The van der Waals surface area contributed by atoms with Crippen molar-refractivity contribution in [2.24, 2.45) is 4.99 Å². The highest BCUT2D eigenvalue weighted by molar-refractivity contribution is 6.31. The Labute approximate surface area is 218 Å². The quantitative estimate of drug-likeness (QED) is 0.267. The van der Waals surface area contributed by atoms with E-state index < -0.39 is 35.1 Å². The summed E-state index contributed by atoms with van der Waals surface area (Å²) in [5.74, 6) is 0.163. The van der Waals surface area contributed by atoms with Gasteiger partial charge < -0.3 is 19.5 Å². The number of benzene rings is 1. The maximum Gasteiger partial charge on any atom is 0.420 e. The molecule has 0 heterocycles. The minimum atomic E-state index is -0.869. The maximum absolute atomic E-state index is 12.8. The predicted octanol–water partition coefficient (Wildman–Crippen LogP) is 6.32. The Hall–Kier alpha value is -3.01. The van der Waals surface area contributed by atoms with Crippen LogP contribution in [0, 0.1) is 0 Å². The first-order valence-corrected chi connectivity index (χ1v) is 12.0. The topological polar surface area (TPSA) is 119 Å². The summed E-state index contributed by atoms with van der Waals surface area (Å²) < 4.78 is 16.1. The van der Waals surface area contributed by atoms with E-state index >= 15 is 0 Å². The molecule has 0 atom stereocenters. The normalized spacial score (nSPS) is 12.5. The lowest BCUT2D eigenvalue weighted by Gasteiger charge is -2.29. The number of rotatable bonds is 4. The number of carbonyl (C=O) groups excluding carboxylic acids is 3. The van der Waals surface area contributed by atoms with Crippen molar-refractivity contribution in [1.29, 1.82) is 0 Å². The Kier molecular flexibility index (Phi) is 10.6. The van der Waals surface area contributed by atoms with Crippen molar-refractivity contribution in [2.75, 3.05) is 11.9 Å². The van der Waals surface area contributed by atoms with Crippen LogP contribution in [0.25, 0.3) is 0 Å². The zero-order chi connectivity index (χ0) is 27.9. The number of carbonyl (C=O) groups is 3. The van der Waals surface area contributed by atoms with Crippen LogP contribution in [-0.2, 0) is 20.8 Å². The number of halogens is 1. The minimum Gasteiger partial charge on any atom is -0.444 e. The SMILES string of the molecule is CC/N=C(/NC(=O)OC(C)(C)C)Nc1ccc(Cl)c(CN(C(=O)OC(C)(C)C)C(=O)OC(C)(C)C)c1. The molecule has 10 nitrogen and oxygen atoms in total. The van der Waals surface area contributed by atoms with Gasteiger partial charge in [0.1, 0.15) is 16.8 Å². The van der Waals surface area contributed by atoms with Crippen molar-refractivity contribution in [3.05, 3.63) is 28.8 Å². The molecule has 0 aliphatic heterocycles. The van der Waals surface area contributed by atoms with E-state index in [0.29, 0.717) is 22.8 Å². The minimum absolute atomic E-state index is 0.163. The lowest BCUT2D eigenvalue weighted by Crippen LogP contribution is -2.43. The van der Waals surface area contributed by atoms with Gasteiger partial charge in [-0.2, -0.15) is 0 Å². The van der Waals surface area contributed by atoms with Crippen LogP contribution in [0.1, 0.15) is 74.8 Å². The van der Waals surface area contributed by atoms with Crippen LogP contribution in [0.3, 0.4) is 0 Å². The van der Waals surface area contributed by atoms with Crippen LogP contribution in [-0.4, -0.2) is 52.5 Å². The molecule has 0 aliphatic rings. The van der Waals surface area contributed by atoms with Crippen molar-refractivity contribution in [3.8, 4) is 0 Å². The van der Waals surface area contributed by atoms with Crippen LogP contribution >= 0.6 is 11.6 Å². The van der Waals surface area contributed by atoms with Gasteiger partial charge >= 0.3 is 18.3 Å². The van der Waals surface area contributed by atoms with Crippen LogP contribution < -0.4 is 10.6 Å². The van der Waals surface area contributed by atoms with Gasteiger partial charge in [-0.1, -0.05) is 11.6 Å². The van der Waals surface area contributed by atoms with E-state index in [1.54, 1.807) is 80.5 Å². The predicted molar refractivity (Wildman–Crippen MR) is 140 cm³/mol. The third kappa shape index (κ3) is 12.1. The smallest absolute Gasteiger partial charge is 0.420 e. The molecule has 0 spiro atoms. The summed E-state index contributed by atoms with van der Waals surface area (Å²) >= 11 is 6.39. The number of alkyl carbamates (subject to hydrolysis) is 1. The van der Waals surface area contributed by atoms with Crippen LogP contribution in [0.15, 0.2) is 23.2 Å². The maximum atomic E-state index is 12.8. The second kappa shape index (κ2) is 12.3. The zero-order valence-electron chi connectivity index (χ0n) is 22.9. The van der Waals surface area contributed by atoms with E-state index in [1.165, 1.54) is 0 Å². The van der Waals surface area contributed by atoms with Crippen molar-refractivity contribution in [3.63, 3.8) is 0 Å². The van der Waals surface area contributed by atoms with E-state index in [2.05, 4.69) is 15.6 Å². The number of nitrogens with one attached hydrogen (secondary N) is 2. The van der Waals surface area contributed by atoms with Crippen LogP contribution in [0.4, 0.5) is 20.1 Å². The van der Waals surface area contributed by atoms with Crippen molar-refractivity contribution in [2.45, 2.75) is 92.6 Å². The Morgan fingerprint density at radius 1 is 0.889 bits per heavy atom. The summed E-state index contributed by atoms with van der Waals surface area (Å²) in [7, 11) is 0. The third-order valence-electron chi connectivity index (χ3n) is 3.80. The summed E-state index contributed by atoms with van der Waals surface area (Å²) in [6, 6.07) is 4.89. The molecule has 0 aromatic heterocycles. The molecule has 11 heteroatoms. The van der Waals surface area contributed by atoms with Gasteiger partial charge in [0.15, 0.2) is 0 Å². The first-order chi connectivity index (χ1) is 16.3. The summed E-state index contributed by atoms with van der Waals surface area (Å²) in [5, 5.41) is 5.88. The fourth-order valence-corrected chi connectivity index (χ4v) is 2.76. The number of ether oxygens (including phenoxy) is 3. The number of hydrogen-bond donors (Lipinski definition) is 2. The summed E-state index contributed by atoms with van der Waals surface area (Å²) in [6.45, 7) is 17.4. The van der Waals surface area contributed by atoms with Crippen LogP contribution in [0.2, 0.25) is 5.02 Å². The molecular formula is C25H39ClN4O6. The standard InChI is InChI=1S/C25H39ClN4O6/c1-11-27-19(29-20(31)34-23(2,3)4)28-17-12-13-18(26)16(14-17)15-30(21(32)35-24(5,6)7)22(33)36-25(8,9)10/h12-14H,11,15H2,1-10H3,(H2,27,28,29,31). The molecule has 0 bridgehead atoms. The lowest BCUT2D eigenvalue weighted by molar-refractivity contribution is -0.000285. The summed E-state index contributed by atoms with van der Waals surface area (Å²) in [6.07, 6.45) is -2.41. The third-order valence-corrected chi connectivity index (χ3v) is 4.17. The molecular weight excluding hydrogens is 488 g/mol. The molecule has 202 valence electrons. The van der Waals surface area contributed by atoms with E-state index in [4.69, 9.17) is 25.8 Å². The van der Waals surface area contributed by atoms with Gasteiger partial charge in [-0.15, -0.1) is 0 Å². The highest BCUT2D eigenvalue weighted by atomic mass is 35.5. The van der Waals surface area contributed by atoms with Gasteiger partial charge in [0.05, 0.1) is 6.54 Å². The average molecular weight is 527 g/mol. The van der Waals surface area contributed by atoms with Crippen molar-refractivity contribution >= 4 is 41.5 Å². The van der Waals surface area contributed by atoms with Gasteiger partial charge in [0, 0.05) is 17.3 Å². The summed E-state index contributed by atoms with van der Waals surface area (Å²) in [4.78, 5) is 43.0. The molecule has 0 saturated carbocycles. The van der Waals surface area contributed by atoms with E-state index in [-0.39, 0.29) is 12.5 Å². The van der Waals surface area contributed by atoms with Crippen LogP contribution in [0.5, 0.6) is 0 Å². The fraction of sp³-hybridized carbons (Fsp3) is 0.600. The number of imide groups is 1. The lowest BCUT2D eigenvalue weighted by atomic mass is 10.2. The monoisotopic (exact) mass is 526 g/mol. The Morgan fingerprint density at radius 3 is 1.83 bits per heavy atom. The van der Waals surface area contributed by atoms with Crippen molar-refractivity contribution in [1.82, 2.24) is 10.2 Å².